The Morgan fingerprint density at radius 2 is 2.06 bits per heavy atom. The SMILES string of the molecule is CCCCC(CC)Nc1ccc2c(c1)OCO2. The Bertz CT molecular complexity index is 365. The summed E-state index contributed by atoms with van der Waals surface area (Å²) in [5.74, 6) is 1.69. The average molecular weight is 235 g/mol. The monoisotopic (exact) mass is 235 g/mol. The van der Waals surface area contributed by atoms with Gasteiger partial charge in [-0.1, -0.05) is 26.7 Å². The third kappa shape index (κ3) is 3.05. The van der Waals surface area contributed by atoms with E-state index in [-0.39, 0.29) is 0 Å². The summed E-state index contributed by atoms with van der Waals surface area (Å²) in [5.41, 5.74) is 1.12. The molecule has 1 heterocycles. The number of nitrogens with one attached hydrogen (secondary N) is 1. The molecule has 0 saturated heterocycles. The van der Waals surface area contributed by atoms with Crippen molar-refractivity contribution in [2.45, 2.75) is 45.6 Å². The Hall–Kier alpha value is -1.38. The molecule has 1 N–H and O–H groups in total. The minimum absolute atomic E-state index is 0.339. The molecule has 0 amide bonds. The number of unbranched alkanes of at least 4 members (excludes halogenated alkanes) is 1. The van der Waals surface area contributed by atoms with E-state index in [2.05, 4.69) is 25.2 Å². The van der Waals surface area contributed by atoms with Crippen LogP contribution in [0.15, 0.2) is 18.2 Å². The van der Waals surface area contributed by atoms with Crippen molar-refractivity contribution in [3.63, 3.8) is 0 Å². The second-order valence-electron chi connectivity index (χ2n) is 4.46. The second kappa shape index (κ2) is 5.80. The van der Waals surface area contributed by atoms with E-state index in [1.807, 2.05) is 12.1 Å². The van der Waals surface area contributed by atoms with Crippen LogP contribution in [0, 0.1) is 0 Å². The summed E-state index contributed by atoms with van der Waals surface area (Å²) in [4.78, 5) is 0. The van der Waals surface area contributed by atoms with Crippen LogP contribution in [0.5, 0.6) is 11.5 Å². The number of benzene rings is 1. The van der Waals surface area contributed by atoms with Crippen molar-refractivity contribution in [1.82, 2.24) is 0 Å². The van der Waals surface area contributed by atoms with E-state index in [0.29, 0.717) is 12.8 Å². The van der Waals surface area contributed by atoms with Crippen molar-refractivity contribution >= 4 is 5.69 Å². The summed E-state index contributed by atoms with van der Waals surface area (Å²) >= 11 is 0. The first-order valence-electron chi connectivity index (χ1n) is 6.49. The highest BCUT2D eigenvalue weighted by Gasteiger charge is 2.14. The van der Waals surface area contributed by atoms with E-state index >= 15 is 0 Å². The smallest absolute Gasteiger partial charge is 0.231 e. The van der Waals surface area contributed by atoms with Gasteiger partial charge in [0.05, 0.1) is 0 Å². The van der Waals surface area contributed by atoms with Gasteiger partial charge in [-0.05, 0) is 25.0 Å². The summed E-state index contributed by atoms with van der Waals surface area (Å²) in [7, 11) is 0. The number of rotatable bonds is 6. The van der Waals surface area contributed by atoms with Gasteiger partial charge in [0.15, 0.2) is 11.5 Å². The molecule has 17 heavy (non-hydrogen) atoms. The molecule has 2 rings (SSSR count). The zero-order valence-electron chi connectivity index (χ0n) is 10.7. The van der Waals surface area contributed by atoms with E-state index in [0.717, 1.165) is 23.6 Å². The molecule has 0 aliphatic carbocycles. The molecular weight excluding hydrogens is 214 g/mol. The van der Waals surface area contributed by atoms with Gasteiger partial charge < -0.3 is 14.8 Å². The van der Waals surface area contributed by atoms with Crippen molar-refractivity contribution in [1.29, 1.82) is 0 Å². The van der Waals surface area contributed by atoms with Crippen LogP contribution in [-0.4, -0.2) is 12.8 Å². The lowest BCUT2D eigenvalue weighted by Crippen LogP contribution is -2.18. The Labute approximate surface area is 103 Å². The second-order valence-corrected chi connectivity index (χ2v) is 4.46. The molecule has 1 aliphatic rings. The maximum Gasteiger partial charge on any atom is 0.231 e. The molecule has 1 aromatic carbocycles. The quantitative estimate of drug-likeness (QED) is 0.813. The van der Waals surface area contributed by atoms with Gasteiger partial charge in [-0.3, -0.25) is 0 Å². The predicted octanol–water partition coefficient (Wildman–Crippen LogP) is 3.80. The fraction of sp³-hybridized carbons (Fsp3) is 0.571. The molecule has 1 aliphatic heterocycles. The Morgan fingerprint density at radius 3 is 2.82 bits per heavy atom. The average Bonchev–Trinajstić information content (AvgIpc) is 2.81. The maximum absolute atomic E-state index is 5.37. The van der Waals surface area contributed by atoms with Gasteiger partial charge in [-0.2, -0.15) is 0 Å². The minimum atomic E-state index is 0.339. The molecule has 0 fully saturated rings. The topological polar surface area (TPSA) is 30.5 Å². The zero-order valence-corrected chi connectivity index (χ0v) is 10.7. The molecule has 0 radical (unpaired) electrons. The van der Waals surface area contributed by atoms with E-state index in [4.69, 9.17) is 9.47 Å². The van der Waals surface area contributed by atoms with Gasteiger partial charge >= 0.3 is 0 Å². The Kier molecular flexibility index (Phi) is 4.13. The maximum atomic E-state index is 5.37. The highest BCUT2D eigenvalue weighted by molar-refractivity contribution is 5.55. The number of ether oxygens (including phenoxy) is 2. The molecule has 0 aromatic heterocycles. The molecule has 1 atom stereocenters. The van der Waals surface area contributed by atoms with Crippen LogP contribution in [0.4, 0.5) is 5.69 Å². The normalized spacial score (nSPS) is 14.7. The summed E-state index contributed by atoms with van der Waals surface area (Å²) in [6.45, 7) is 4.79. The standard InChI is InChI=1S/C14H21NO2/c1-3-5-6-11(4-2)15-12-7-8-13-14(9-12)17-10-16-13/h7-9,11,15H,3-6,10H2,1-2H3. The van der Waals surface area contributed by atoms with Gasteiger partial charge in [-0.15, -0.1) is 0 Å². The van der Waals surface area contributed by atoms with E-state index in [1.54, 1.807) is 0 Å². The summed E-state index contributed by atoms with van der Waals surface area (Å²) in [5, 5.41) is 3.56. The van der Waals surface area contributed by atoms with Crippen molar-refractivity contribution in [2.75, 3.05) is 12.1 Å². The van der Waals surface area contributed by atoms with E-state index in [1.165, 1.54) is 19.3 Å². The Balaban J connectivity index is 1.97. The van der Waals surface area contributed by atoms with Crippen LogP contribution in [0.1, 0.15) is 39.5 Å². The zero-order chi connectivity index (χ0) is 12.1. The van der Waals surface area contributed by atoms with Gasteiger partial charge in [0.25, 0.3) is 0 Å². The lowest BCUT2D eigenvalue weighted by atomic mass is 10.1. The first kappa shape index (κ1) is 12.1. The molecule has 3 nitrogen and oxygen atoms in total. The Morgan fingerprint density at radius 1 is 1.24 bits per heavy atom. The molecule has 1 unspecified atom stereocenters. The third-order valence-electron chi connectivity index (χ3n) is 3.14. The number of fused-ring (bicyclic) bond motifs is 1. The summed E-state index contributed by atoms with van der Waals surface area (Å²) in [6, 6.07) is 6.60. The van der Waals surface area contributed by atoms with Crippen molar-refractivity contribution in [3.05, 3.63) is 18.2 Å². The summed E-state index contributed by atoms with van der Waals surface area (Å²) in [6.07, 6.45) is 4.89. The molecule has 0 spiro atoms. The van der Waals surface area contributed by atoms with Gasteiger partial charge in [0, 0.05) is 17.8 Å². The van der Waals surface area contributed by atoms with E-state index < -0.39 is 0 Å². The largest absolute Gasteiger partial charge is 0.454 e. The van der Waals surface area contributed by atoms with Crippen LogP contribution >= 0.6 is 0 Å². The first-order valence-corrected chi connectivity index (χ1v) is 6.49. The molecular formula is C14H21NO2. The van der Waals surface area contributed by atoms with Crippen molar-refractivity contribution in [2.24, 2.45) is 0 Å². The fourth-order valence-electron chi connectivity index (χ4n) is 2.05. The highest BCUT2D eigenvalue weighted by atomic mass is 16.7. The summed E-state index contributed by atoms with van der Waals surface area (Å²) < 4.78 is 10.7. The number of anilines is 1. The fourth-order valence-corrected chi connectivity index (χ4v) is 2.05. The highest BCUT2D eigenvalue weighted by Crippen LogP contribution is 2.34. The van der Waals surface area contributed by atoms with Crippen molar-refractivity contribution < 1.29 is 9.47 Å². The van der Waals surface area contributed by atoms with Crippen LogP contribution in [0.25, 0.3) is 0 Å². The first-order chi connectivity index (χ1) is 8.33. The molecule has 1 aromatic rings. The molecule has 0 bridgehead atoms. The number of hydrogen-bond donors (Lipinski definition) is 1. The lowest BCUT2D eigenvalue weighted by Gasteiger charge is -2.18. The predicted molar refractivity (Wildman–Crippen MR) is 69.8 cm³/mol. The third-order valence-corrected chi connectivity index (χ3v) is 3.14. The van der Waals surface area contributed by atoms with Gasteiger partial charge in [0.2, 0.25) is 6.79 Å². The molecule has 0 saturated carbocycles. The lowest BCUT2D eigenvalue weighted by molar-refractivity contribution is 0.174. The molecule has 3 heteroatoms. The van der Waals surface area contributed by atoms with Gasteiger partial charge in [-0.25, -0.2) is 0 Å². The molecule has 94 valence electrons. The van der Waals surface area contributed by atoms with E-state index in [9.17, 15) is 0 Å². The van der Waals surface area contributed by atoms with Crippen molar-refractivity contribution in [3.8, 4) is 11.5 Å². The van der Waals surface area contributed by atoms with Gasteiger partial charge in [0.1, 0.15) is 0 Å². The minimum Gasteiger partial charge on any atom is -0.454 e. The van der Waals surface area contributed by atoms with Crippen LogP contribution in [0.2, 0.25) is 0 Å². The van der Waals surface area contributed by atoms with Crippen LogP contribution in [-0.2, 0) is 0 Å². The van der Waals surface area contributed by atoms with Crippen LogP contribution in [0.3, 0.4) is 0 Å². The van der Waals surface area contributed by atoms with Crippen LogP contribution < -0.4 is 14.8 Å². The number of hydrogen-bond acceptors (Lipinski definition) is 3.